The van der Waals surface area contributed by atoms with Crippen molar-refractivity contribution in [2.45, 2.75) is 51.9 Å². The molecule has 1 amide bonds. The Morgan fingerprint density at radius 2 is 1.94 bits per heavy atom. The van der Waals surface area contributed by atoms with Gasteiger partial charge in [0, 0.05) is 12.5 Å². The van der Waals surface area contributed by atoms with Crippen LogP contribution in [0.2, 0.25) is 0 Å². The van der Waals surface area contributed by atoms with Crippen molar-refractivity contribution in [2.75, 3.05) is 6.54 Å². The van der Waals surface area contributed by atoms with Gasteiger partial charge >= 0.3 is 12.1 Å². The van der Waals surface area contributed by atoms with Gasteiger partial charge < -0.3 is 14.9 Å². The number of carboxylic acid groups (broad SMARTS) is 1. The van der Waals surface area contributed by atoms with Gasteiger partial charge in [-0.05, 0) is 34.1 Å². The zero-order valence-electron chi connectivity index (χ0n) is 11.2. The summed E-state index contributed by atoms with van der Waals surface area (Å²) < 4.78 is 5.17. The van der Waals surface area contributed by atoms with Crippen LogP contribution in [0.1, 0.15) is 34.1 Å². The molecule has 1 aliphatic heterocycles. The van der Waals surface area contributed by atoms with E-state index in [0.29, 0.717) is 13.0 Å². The fourth-order valence-corrected chi connectivity index (χ4v) is 2.16. The number of hydrogen-bond acceptors (Lipinski definition) is 4. The van der Waals surface area contributed by atoms with Crippen LogP contribution in [0.25, 0.3) is 0 Å². The van der Waals surface area contributed by atoms with Crippen molar-refractivity contribution in [3.05, 3.63) is 0 Å². The molecule has 104 valence electrons. The Bertz CT molecular complexity index is 334. The van der Waals surface area contributed by atoms with Crippen molar-refractivity contribution in [1.29, 1.82) is 0 Å². The number of nitrogens with zero attached hydrogens (tertiary/aromatic N) is 1. The summed E-state index contributed by atoms with van der Waals surface area (Å²) >= 11 is 0. The fraction of sp³-hybridized carbons (Fsp3) is 0.833. The van der Waals surface area contributed by atoms with Crippen LogP contribution in [0, 0.1) is 5.92 Å². The summed E-state index contributed by atoms with van der Waals surface area (Å²) in [6.45, 7) is 7.01. The third kappa shape index (κ3) is 3.35. The molecule has 0 aromatic heterocycles. The second kappa shape index (κ2) is 5.14. The van der Waals surface area contributed by atoms with E-state index < -0.39 is 35.7 Å². The van der Waals surface area contributed by atoms with Crippen molar-refractivity contribution in [3.63, 3.8) is 0 Å². The van der Waals surface area contributed by atoms with Crippen molar-refractivity contribution in [1.82, 2.24) is 4.90 Å². The molecule has 1 saturated heterocycles. The molecule has 1 fully saturated rings. The van der Waals surface area contributed by atoms with Gasteiger partial charge in [0.1, 0.15) is 11.6 Å². The average Bonchev–Trinajstić information content (AvgIpc) is 2.58. The van der Waals surface area contributed by atoms with E-state index in [4.69, 9.17) is 4.74 Å². The van der Waals surface area contributed by atoms with Gasteiger partial charge in [0.05, 0.1) is 6.10 Å². The SMILES string of the molecule is CC(O)C1CCN(C(=O)OC(C)(C)C)C1C(=O)O. The molecule has 0 radical (unpaired) electrons. The molecule has 1 rings (SSSR count). The Hall–Kier alpha value is -1.30. The van der Waals surface area contributed by atoms with Gasteiger partial charge in [0.2, 0.25) is 0 Å². The smallest absolute Gasteiger partial charge is 0.411 e. The van der Waals surface area contributed by atoms with Crippen molar-refractivity contribution < 1.29 is 24.5 Å². The lowest BCUT2D eigenvalue weighted by molar-refractivity contribution is -0.144. The van der Waals surface area contributed by atoms with E-state index in [2.05, 4.69) is 0 Å². The van der Waals surface area contributed by atoms with Crippen molar-refractivity contribution >= 4 is 12.1 Å². The molecule has 0 aromatic rings. The quantitative estimate of drug-likeness (QED) is 0.774. The minimum atomic E-state index is -1.11. The van der Waals surface area contributed by atoms with E-state index in [1.54, 1.807) is 27.7 Å². The molecule has 3 atom stereocenters. The lowest BCUT2D eigenvalue weighted by Crippen LogP contribution is -2.47. The van der Waals surface area contributed by atoms with Crippen LogP contribution in [0.3, 0.4) is 0 Å². The highest BCUT2D eigenvalue weighted by Gasteiger charge is 2.45. The zero-order chi connectivity index (χ0) is 14.1. The Morgan fingerprint density at radius 3 is 2.33 bits per heavy atom. The summed E-state index contributed by atoms with van der Waals surface area (Å²) in [6.07, 6.45) is -0.940. The third-order valence-corrected chi connectivity index (χ3v) is 2.95. The second-order valence-corrected chi connectivity index (χ2v) is 5.65. The summed E-state index contributed by atoms with van der Waals surface area (Å²) in [5.74, 6) is -1.56. The predicted octanol–water partition coefficient (Wildman–Crippen LogP) is 1.08. The maximum atomic E-state index is 11.9. The molecular formula is C12H21NO5. The van der Waals surface area contributed by atoms with Gasteiger partial charge in [-0.2, -0.15) is 0 Å². The summed E-state index contributed by atoms with van der Waals surface area (Å²) in [5.41, 5.74) is -0.664. The van der Waals surface area contributed by atoms with E-state index in [1.165, 1.54) is 4.90 Å². The Kier molecular flexibility index (Phi) is 4.21. The first-order valence-corrected chi connectivity index (χ1v) is 6.04. The lowest BCUT2D eigenvalue weighted by Gasteiger charge is -2.28. The standard InChI is InChI=1S/C12H21NO5/c1-7(14)8-5-6-13(9(8)10(15)16)11(17)18-12(2,3)4/h7-9,14H,5-6H2,1-4H3,(H,15,16). The van der Waals surface area contributed by atoms with E-state index in [0.717, 1.165) is 0 Å². The van der Waals surface area contributed by atoms with Crippen LogP contribution in [-0.2, 0) is 9.53 Å². The first-order chi connectivity index (χ1) is 8.13. The second-order valence-electron chi connectivity index (χ2n) is 5.65. The van der Waals surface area contributed by atoms with Gasteiger partial charge in [-0.1, -0.05) is 0 Å². The number of ether oxygens (including phenoxy) is 1. The molecule has 0 aromatic carbocycles. The number of hydrogen-bond donors (Lipinski definition) is 2. The van der Waals surface area contributed by atoms with Crippen LogP contribution in [0.5, 0.6) is 0 Å². The highest BCUT2D eigenvalue weighted by Crippen LogP contribution is 2.29. The first-order valence-electron chi connectivity index (χ1n) is 6.04. The predicted molar refractivity (Wildman–Crippen MR) is 64.2 cm³/mol. The van der Waals surface area contributed by atoms with Gasteiger partial charge in [0.15, 0.2) is 0 Å². The van der Waals surface area contributed by atoms with Gasteiger partial charge in [-0.25, -0.2) is 9.59 Å². The molecule has 18 heavy (non-hydrogen) atoms. The maximum Gasteiger partial charge on any atom is 0.411 e. The van der Waals surface area contributed by atoms with E-state index in [1.807, 2.05) is 0 Å². The Balaban J connectivity index is 2.83. The minimum Gasteiger partial charge on any atom is -0.480 e. The van der Waals surface area contributed by atoms with Crippen LogP contribution in [-0.4, -0.2) is 51.5 Å². The highest BCUT2D eigenvalue weighted by molar-refractivity contribution is 5.81. The highest BCUT2D eigenvalue weighted by atomic mass is 16.6. The van der Waals surface area contributed by atoms with Crippen LogP contribution in [0.4, 0.5) is 4.79 Å². The molecule has 6 nitrogen and oxygen atoms in total. The number of aliphatic hydroxyl groups is 1. The Morgan fingerprint density at radius 1 is 1.39 bits per heavy atom. The lowest BCUT2D eigenvalue weighted by atomic mass is 9.95. The number of carbonyl (C=O) groups excluding carboxylic acids is 1. The first kappa shape index (κ1) is 14.8. The molecule has 3 unspecified atom stereocenters. The number of amides is 1. The summed E-state index contributed by atoms with van der Waals surface area (Å²) in [7, 11) is 0. The van der Waals surface area contributed by atoms with Gasteiger partial charge in [-0.3, -0.25) is 4.90 Å². The minimum absolute atomic E-state index is 0.293. The molecule has 1 aliphatic rings. The maximum absolute atomic E-state index is 11.9. The fourth-order valence-electron chi connectivity index (χ4n) is 2.16. The van der Waals surface area contributed by atoms with E-state index in [9.17, 15) is 19.8 Å². The number of carbonyl (C=O) groups is 2. The third-order valence-electron chi connectivity index (χ3n) is 2.95. The van der Waals surface area contributed by atoms with Gasteiger partial charge in [-0.15, -0.1) is 0 Å². The molecule has 6 heteroatoms. The van der Waals surface area contributed by atoms with E-state index >= 15 is 0 Å². The summed E-state index contributed by atoms with van der Waals surface area (Å²) in [6, 6.07) is -1.01. The molecule has 0 saturated carbocycles. The summed E-state index contributed by atoms with van der Waals surface area (Å²) in [5, 5.41) is 18.8. The van der Waals surface area contributed by atoms with Crippen LogP contribution < -0.4 is 0 Å². The Labute approximate surface area is 107 Å². The molecule has 2 N–H and O–H groups in total. The largest absolute Gasteiger partial charge is 0.480 e. The monoisotopic (exact) mass is 259 g/mol. The van der Waals surface area contributed by atoms with Crippen LogP contribution in [0.15, 0.2) is 0 Å². The number of rotatable bonds is 2. The topological polar surface area (TPSA) is 87.1 Å². The zero-order valence-corrected chi connectivity index (χ0v) is 11.2. The number of likely N-dealkylation sites (tertiary alicyclic amines) is 1. The molecule has 0 spiro atoms. The van der Waals surface area contributed by atoms with Crippen molar-refractivity contribution in [2.24, 2.45) is 5.92 Å². The van der Waals surface area contributed by atoms with Crippen LogP contribution >= 0.6 is 0 Å². The average molecular weight is 259 g/mol. The molecular weight excluding hydrogens is 238 g/mol. The molecule has 0 aliphatic carbocycles. The van der Waals surface area contributed by atoms with E-state index in [-0.39, 0.29) is 0 Å². The van der Waals surface area contributed by atoms with Gasteiger partial charge in [0.25, 0.3) is 0 Å². The van der Waals surface area contributed by atoms with Crippen molar-refractivity contribution in [3.8, 4) is 0 Å². The number of aliphatic carboxylic acids is 1. The number of aliphatic hydroxyl groups excluding tert-OH is 1. The molecule has 0 bridgehead atoms. The summed E-state index contributed by atoms with van der Waals surface area (Å²) in [4.78, 5) is 24.3. The molecule has 1 heterocycles. The number of carboxylic acids is 1. The normalized spacial score (nSPS) is 25.9.